The predicted octanol–water partition coefficient (Wildman–Crippen LogP) is 4.11. The van der Waals surface area contributed by atoms with Crippen molar-refractivity contribution in [3.63, 3.8) is 0 Å². The molecule has 1 heterocycles. The van der Waals surface area contributed by atoms with Gasteiger partial charge in [0, 0.05) is 23.5 Å². The highest BCUT2D eigenvalue weighted by molar-refractivity contribution is 5.91. The van der Waals surface area contributed by atoms with Crippen molar-refractivity contribution >= 4 is 22.8 Å². The van der Waals surface area contributed by atoms with Crippen LogP contribution in [0.3, 0.4) is 0 Å². The summed E-state index contributed by atoms with van der Waals surface area (Å²) in [5.74, 6) is -1.98. The van der Waals surface area contributed by atoms with Gasteiger partial charge in [0.15, 0.2) is 0 Å². The SMILES string of the molecule is O=C(N[C@@H](Cc1c[nH]c2ccccc12)C(=O)O)C(c1ccccc1)c1ccccc1. The van der Waals surface area contributed by atoms with Crippen LogP contribution in [0.5, 0.6) is 0 Å². The van der Waals surface area contributed by atoms with Gasteiger partial charge in [0.2, 0.25) is 5.91 Å². The molecule has 0 fully saturated rings. The van der Waals surface area contributed by atoms with E-state index in [9.17, 15) is 14.7 Å². The van der Waals surface area contributed by atoms with E-state index in [1.165, 1.54) is 0 Å². The Morgan fingerprint density at radius 2 is 1.40 bits per heavy atom. The summed E-state index contributed by atoms with van der Waals surface area (Å²) >= 11 is 0. The molecule has 1 aromatic heterocycles. The van der Waals surface area contributed by atoms with Gasteiger partial charge < -0.3 is 15.4 Å². The lowest BCUT2D eigenvalue weighted by Gasteiger charge is -2.21. The molecule has 3 N–H and O–H groups in total. The summed E-state index contributed by atoms with van der Waals surface area (Å²) in [7, 11) is 0. The number of hydrogen-bond donors (Lipinski definition) is 3. The summed E-state index contributed by atoms with van der Waals surface area (Å²) in [4.78, 5) is 28.4. The molecule has 0 aliphatic heterocycles. The summed E-state index contributed by atoms with van der Waals surface area (Å²) in [5.41, 5.74) is 3.43. The maximum atomic E-state index is 13.3. The zero-order valence-corrected chi connectivity index (χ0v) is 16.3. The Labute approximate surface area is 174 Å². The number of carbonyl (C=O) groups excluding carboxylic acids is 1. The number of para-hydroxylation sites is 1. The predicted molar refractivity (Wildman–Crippen MR) is 116 cm³/mol. The summed E-state index contributed by atoms with van der Waals surface area (Å²) in [6, 6.07) is 25.5. The average Bonchev–Trinajstić information content (AvgIpc) is 3.18. The van der Waals surface area contributed by atoms with Crippen molar-refractivity contribution in [2.45, 2.75) is 18.4 Å². The van der Waals surface area contributed by atoms with Crippen LogP contribution in [0.4, 0.5) is 0 Å². The summed E-state index contributed by atoms with van der Waals surface area (Å²) in [5, 5.41) is 13.5. The second-order valence-corrected chi connectivity index (χ2v) is 7.22. The minimum absolute atomic E-state index is 0.196. The number of rotatable bonds is 7. The summed E-state index contributed by atoms with van der Waals surface area (Å²) in [6.07, 6.45) is 2.00. The zero-order valence-electron chi connectivity index (χ0n) is 16.3. The lowest BCUT2D eigenvalue weighted by Crippen LogP contribution is -2.44. The normalized spacial score (nSPS) is 12.0. The largest absolute Gasteiger partial charge is 0.480 e. The molecule has 4 rings (SSSR count). The van der Waals surface area contributed by atoms with E-state index in [1.54, 1.807) is 6.20 Å². The number of aromatic amines is 1. The van der Waals surface area contributed by atoms with Crippen molar-refractivity contribution < 1.29 is 14.7 Å². The van der Waals surface area contributed by atoms with Crippen LogP contribution in [0.15, 0.2) is 91.1 Å². The molecule has 0 unspecified atom stereocenters. The first kappa shape index (κ1) is 19.5. The van der Waals surface area contributed by atoms with Crippen molar-refractivity contribution in [1.29, 1.82) is 0 Å². The van der Waals surface area contributed by atoms with Crippen LogP contribution in [0.2, 0.25) is 0 Å². The van der Waals surface area contributed by atoms with Crippen molar-refractivity contribution in [1.82, 2.24) is 10.3 Å². The average molecular weight is 398 g/mol. The lowest BCUT2D eigenvalue weighted by atomic mass is 9.90. The summed E-state index contributed by atoms with van der Waals surface area (Å²) in [6.45, 7) is 0. The Bertz CT molecular complexity index is 1110. The van der Waals surface area contributed by atoms with Crippen LogP contribution < -0.4 is 5.32 Å². The molecule has 5 nitrogen and oxygen atoms in total. The monoisotopic (exact) mass is 398 g/mol. The van der Waals surface area contributed by atoms with Crippen LogP contribution in [0.25, 0.3) is 10.9 Å². The van der Waals surface area contributed by atoms with Gasteiger partial charge in [-0.3, -0.25) is 4.79 Å². The van der Waals surface area contributed by atoms with Crippen LogP contribution >= 0.6 is 0 Å². The van der Waals surface area contributed by atoms with Gasteiger partial charge in [0.1, 0.15) is 6.04 Å². The quantitative estimate of drug-likeness (QED) is 0.438. The third-order valence-electron chi connectivity index (χ3n) is 5.24. The fourth-order valence-corrected chi connectivity index (χ4v) is 3.76. The topological polar surface area (TPSA) is 82.2 Å². The van der Waals surface area contributed by atoms with E-state index in [-0.39, 0.29) is 12.3 Å². The molecule has 0 radical (unpaired) electrons. The van der Waals surface area contributed by atoms with Crippen LogP contribution in [0.1, 0.15) is 22.6 Å². The maximum Gasteiger partial charge on any atom is 0.326 e. The number of H-pyrrole nitrogens is 1. The molecule has 150 valence electrons. The van der Waals surface area contributed by atoms with E-state index < -0.39 is 17.9 Å². The van der Waals surface area contributed by atoms with E-state index in [0.29, 0.717) is 0 Å². The van der Waals surface area contributed by atoms with Crippen molar-refractivity contribution in [3.8, 4) is 0 Å². The van der Waals surface area contributed by atoms with E-state index in [0.717, 1.165) is 27.6 Å². The number of aliphatic carboxylic acids is 1. The second kappa shape index (κ2) is 8.66. The first-order chi connectivity index (χ1) is 14.6. The highest BCUT2D eigenvalue weighted by Crippen LogP contribution is 2.25. The molecule has 0 aliphatic rings. The van der Waals surface area contributed by atoms with E-state index in [2.05, 4.69) is 10.3 Å². The van der Waals surface area contributed by atoms with Crippen LogP contribution in [0, 0.1) is 0 Å². The number of aromatic nitrogens is 1. The number of amides is 1. The summed E-state index contributed by atoms with van der Waals surface area (Å²) < 4.78 is 0. The molecule has 0 saturated heterocycles. The number of benzene rings is 3. The highest BCUT2D eigenvalue weighted by atomic mass is 16.4. The van der Waals surface area contributed by atoms with E-state index in [4.69, 9.17) is 0 Å². The molecule has 0 aliphatic carbocycles. The molecule has 5 heteroatoms. The molecule has 0 spiro atoms. The van der Waals surface area contributed by atoms with Gasteiger partial charge >= 0.3 is 5.97 Å². The number of carbonyl (C=O) groups is 2. The van der Waals surface area contributed by atoms with Gasteiger partial charge in [0.25, 0.3) is 0 Å². The van der Waals surface area contributed by atoms with Gasteiger partial charge in [0.05, 0.1) is 5.92 Å². The van der Waals surface area contributed by atoms with Gasteiger partial charge in [-0.15, -0.1) is 0 Å². The maximum absolute atomic E-state index is 13.3. The van der Waals surface area contributed by atoms with E-state index >= 15 is 0 Å². The number of fused-ring (bicyclic) bond motifs is 1. The Hall–Kier alpha value is -3.86. The number of nitrogens with one attached hydrogen (secondary N) is 2. The fraction of sp³-hybridized carbons (Fsp3) is 0.120. The molecule has 1 amide bonds. The molecule has 4 aromatic rings. The van der Waals surface area contributed by atoms with Crippen molar-refractivity contribution in [2.24, 2.45) is 0 Å². The number of carboxylic acids is 1. The molecule has 0 bridgehead atoms. The van der Waals surface area contributed by atoms with Crippen molar-refractivity contribution in [2.75, 3.05) is 0 Å². The lowest BCUT2D eigenvalue weighted by molar-refractivity contribution is -0.141. The van der Waals surface area contributed by atoms with Gasteiger partial charge in [-0.2, -0.15) is 0 Å². The third-order valence-corrected chi connectivity index (χ3v) is 5.24. The number of carboxylic acid groups (broad SMARTS) is 1. The molecule has 1 atom stereocenters. The van der Waals surface area contributed by atoms with Crippen LogP contribution in [-0.2, 0) is 16.0 Å². The number of hydrogen-bond acceptors (Lipinski definition) is 2. The molecular weight excluding hydrogens is 376 g/mol. The van der Waals surface area contributed by atoms with Gasteiger partial charge in [-0.25, -0.2) is 4.79 Å². The zero-order chi connectivity index (χ0) is 20.9. The molecule has 3 aromatic carbocycles. The first-order valence-corrected chi connectivity index (χ1v) is 9.81. The minimum Gasteiger partial charge on any atom is -0.480 e. The molecule has 0 saturated carbocycles. The Balaban J connectivity index is 1.61. The van der Waals surface area contributed by atoms with Crippen molar-refractivity contribution in [3.05, 3.63) is 108 Å². The highest BCUT2D eigenvalue weighted by Gasteiger charge is 2.28. The van der Waals surface area contributed by atoms with Crippen LogP contribution in [-0.4, -0.2) is 28.0 Å². The van der Waals surface area contributed by atoms with Gasteiger partial charge in [-0.05, 0) is 22.8 Å². The minimum atomic E-state index is -1.06. The van der Waals surface area contributed by atoms with Gasteiger partial charge in [-0.1, -0.05) is 78.9 Å². The first-order valence-electron chi connectivity index (χ1n) is 9.81. The molecular formula is C25H22N2O3. The Morgan fingerprint density at radius 3 is 2.00 bits per heavy atom. The standard InChI is InChI=1S/C25H22N2O3/c28-24(23(17-9-3-1-4-10-17)18-11-5-2-6-12-18)27-22(25(29)30)15-19-16-26-21-14-8-7-13-20(19)21/h1-14,16,22-23,26H,15H2,(H,27,28)(H,29,30)/t22-/m0/s1. The van der Waals surface area contributed by atoms with E-state index in [1.807, 2.05) is 84.9 Å². The molecule has 30 heavy (non-hydrogen) atoms. The fourth-order valence-electron chi connectivity index (χ4n) is 3.76. The second-order valence-electron chi connectivity index (χ2n) is 7.22. The Morgan fingerprint density at radius 1 is 0.833 bits per heavy atom. The smallest absolute Gasteiger partial charge is 0.326 e. The Kier molecular flexibility index (Phi) is 5.61. The third kappa shape index (κ3) is 4.10.